The number of hydrogen-bond donors (Lipinski definition) is 1. The first-order valence-electron chi connectivity index (χ1n) is 8.59. The minimum atomic E-state index is -0.214. The van der Waals surface area contributed by atoms with Crippen LogP contribution in [0.3, 0.4) is 0 Å². The largest absolute Gasteiger partial charge is 0.468 e. The molecule has 1 N–H and O–H groups in total. The molecular weight excluding hydrogens is 316 g/mol. The maximum absolute atomic E-state index is 12.5. The maximum Gasteiger partial charge on any atom is 0.271 e. The Bertz CT molecular complexity index is 857. The molecule has 6 nitrogen and oxygen atoms in total. The number of para-hydroxylation sites is 2. The van der Waals surface area contributed by atoms with E-state index in [-0.39, 0.29) is 11.9 Å². The van der Waals surface area contributed by atoms with Gasteiger partial charge in [0.1, 0.15) is 11.5 Å². The van der Waals surface area contributed by atoms with E-state index in [1.165, 1.54) is 19.0 Å². The van der Waals surface area contributed by atoms with Crippen LogP contribution in [0.5, 0.6) is 0 Å². The van der Waals surface area contributed by atoms with Crippen LogP contribution in [0, 0.1) is 0 Å². The lowest BCUT2D eigenvalue weighted by molar-refractivity contribution is 0.0929. The molecule has 1 aromatic carbocycles. The lowest BCUT2D eigenvalue weighted by Gasteiger charge is -2.25. The van der Waals surface area contributed by atoms with E-state index in [9.17, 15) is 4.79 Å². The Morgan fingerprint density at radius 1 is 1.16 bits per heavy atom. The number of carbonyl (C=O) groups is 1. The molecule has 3 heterocycles. The fourth-order valence-electron chi connectivity index (χ4n) is 3.29. The number of rotatable bonds is 5. The third-order valence-electron chi connectivity index (χ3n) is 4.59. The van der Waals surface area contributed by atoms with Crippen LogP contribution < -0.4 is 5.32 Å². The summed E-state index contributed by atoms with van der Waals surface area (Å²) in [6.45, 7) is 2.54. The fourth-order valence-corrected chi connectivity index (χ4v) is 3.29. The quantitative estimate of drug-likeness (QED) is 0.776. The highest BCUT2D eigenvalue weighted by Crippen LogP contribution is 2.25. The van der Waals surface area contributed by atoms with Crippen LogP contribution in [-0.4, -0.2) is 40.4 Å². The highest BCUT2D eigenvalue weighted by Gasteiger charge is 2.26. The van der Waals surface area contributed by atoms with Crippen LogP contribution >= 0.6 is 0 Å². The van der Waals surface area contributed by atoms with Crippen LogP contribution in [0.1, 0.15) is 35.1 Å². The van der Waals surface area contributed by atoms with Gasteiger partial charge in [0, 0.05) is 6.54 Å². The van der Waals surface area contributed by atoms with Crippen molar-refractivity contribution in [2.75, 3.05) is 19.6 Å². The number of carbonyl (C=O) groups excluding carboxylic acids is 1. The number of benzene rings is 1. The van der Waals surface area contributed by atoms with Gasteiger partial charge in [-0.1, -0.05) is 12.1 Å². The van der Waals surface area contributed by atoms with E-state index in [1.807, 2.05) is 36.4 Å². The molecule has 128 valence electrons. The zero-order chi connectivity index (χ0) is 17.1. The molecule has 2 aromatic heterocycles. The molecule has 1 aliphatic heterocycles. The Labute approximate surface area is 145 Å². The molecule has 1 saturated heterocycles. The summed E-state index contributed by atoms with van der Waals surface area (Å²) in [5.74, 6) is 0.667. The van der Waals surface area contributed by atoms with Crippen LogP contribution in [0.2, 0.25) is 0 Å². The van der Waals surface area contributed by atoms with Crippen molar-refractivity contribution < 1.29 is 9.21 Å². The van der Waals surface area contributed by atoms with Gasteiger partial charge in [-0.05, 0) is 50.2 Å². The molecular formula is C19H20N4O2. The van der Waals surface area contributed by atoms with E-state index in [1.54, 1.807) is 6.26 Å². The number of aromatic nitrogens is 2. The molecule has 25 heavy (non-hydrogen) atoms. The lowest BCUT2D eigenvalue weighted by atomic mass is 10.2. The molecule has 4 rings (SSSR count). The van der Waals surface area contributed by atoms with Crippen molar-refractivity contribution in [1.29, 1.82) is 0 Å². The van der Waals surface area contributed by atoms with Crippen molar-refractivity contribution in [2.45, 2.75) is 18.9 Å². The summed E-state index contributed by atoms with van der Waals surface area (Å²) in [6, 6.07) is 11.4. The minimum absolute atomic E-state index is 0.0508. The average molecular weight is 336 g/mol. The third-order valence-corrected chi connectivity index (χ3v) is 4.59. The van der Waals surface area contributed by atoms with Crippen molar-refractivity contribution in [2.24, 2.45) is 0 Å². The fraction of sp³-hybridized carbons (Fsp3) is 0.316. The van der Waals surface area contributed by atoms with Gasteiger partial charge >= 0.3 is 0 Å². The predicted octanol–water partition coefficient (Wildman–Crippen LogP) is 2.79. The Balaban J connectivity index is 1.48. The smallest absolute Gasteiger partial charge is 0.271 e. The van der Waals surface area contributed by atoms with E-state index in [2.05, 4.69) is 20.2 Å². The number of furan rings is 1. The molecule has 0 bridgehead atoms. The van der Waals surface area contributed by atoms with Crippen LogP contribution in [0.4, 0.5) is 0 Å². The number of hydrogen-bond acceptors (Lipinski definition) is 5. The molecule has 0 radical (unpaired) electrons. The zero-order valence-electron chi connectivity index (χ0n) is 13.9. The first kappa shape index (κ1) is 15.8. The second-order valence-corrected chi connectivity index (χ2v) is 6.23. The Morgan fingerprint density at radius 2 is 1.96 bits per heavy atom. The topological polar surface area (TPSA) is 71.3 Å². The average Bonchev–Trinajstić information content (AvgIpc) is 3.36. The number of amides is 1. The van der Waals surface area contributed by atoms with Crippen LogP contribution in [-0.2, 0) is 0 Å². The summed E-state index contributed by atoms with van der Waals surface area (Å²) in [6.07, 6.45) is 5.56. The standard InChI is InChI=1S/C19H20N4O2/c24-19(16-12-20-14-6-1-2-7-15(14)22-16)21-13-17(18-8-5-11-25-18)23-9-3-4-10-23/h1-2,5-8,11-12,17H,3-4,9-10,13H2,(H,21,24)/t17-/m0/s1. The minimum Gasteiger partial charge on any atom is -0.468 e. The second kappa shape index (κ2) is 7.03. The van der Waals surface area contributed by atoms with Gasteiger partial charge < -0.3 is 9.73 Å². The Morgan fingerprint density at radius 3 is 2.72 bits per heavy atom. The van der Waals surface area contributed by atoms with Gasteiger partial charge in [-0.3, -0.25) is 14.7 Å². The number of nitrogens with one attached hydrogen (secondary N) is 1. The van der Waals surface area contributed by atoms with E-state index in [4.69, 9.17) is 4.42 Å². The Hall–Kier alpha value is -2.73. The molecule has 0 saturated carbocycles. The molecule has 6 heteroatoms. The van der Waals surface area contributed by atoms with E-state index >= 15 is 0 Å². The summed E-state index contributed by atoms with van der Waals surface area (Å²) >= 11 is 0. The molecule has 0 aliphatic carbocycles. The predicted molar refractivity (Wildman–Crippen MR) is 94.1 cm³/mol. The van der Waals surface area contributed by atoms with E-state index < -0.39 is 0 Å². The molecule has 1 fully saturated rings. The lowest BCUT2D eigenvalue weighted by Crippen LogP contribution is -2.37. The first-order valence-corrected chi connectivity index (χ1v) is 8.59. The molecule has 3 aromatic rings. The van der Waals surface area contributed by atoms with Crippen molar-refractivity contribution >= 4 is 16.9 Å². The highest BCUT2D eigenvalue weighted by atomic mass is 16.3. The molecule has 0 spiro atoms. The van der Waals surface area contributed by atoms with Gasteiger partial charge in [0.2, 0.25) is 0 Å². The zero-order valence-corrected chi connectivity index (χ0v) is 13.9. The van der Waals surface area contributed by atoms with Crippen LogP contribution in [0.15, 0.2) is 53.3 Å². The number of likely N-dealkylation sites (tertiary alicyclic amines) is 1. The van der Waals surface area contributed by atoms with Gasteiger partial charge in [-0.25, -0.2) is 4.98 Å². The number of fused-ring (bicyclic) bond motifs is 1. The molecule has 1 atom stereocenters. The molecule has 1 amide bonds. The third kappa shape index (κ3) is 3.39. The maximum atomic E-state index is 12.5. The van der Waals surface area contributed by atoms with Gasteiger partial charge in [0.25, 0.3) is 5.91 Å². The Kier molecular flexibility index (Phi) is 4.43. The van der Waals surface area contributed by atoms with E-state index in [0.29, 0.717) is 12.2 Å². The van der Waals surface area contributed by atoms with Crippen molar-refractivity contribution in [3.63, 3.8) is 0 Å². The molecule has 1 aliphatic rings. The highest BCUT2D eigenvalue weighted by molar-refractivity contribution is 5.93. The van der Waals surface area contributed by atoms with Crippen molar-refractivity contribution in [1.82, 2.24) is 20.2 Å². The first-order chi connectivity index (χ1) is 12.3. The van der Waals surface area contributed by atoms with Gasteiger partial charge in [0.15, 0.2) is 0 Å². The molecule has 0 unspecified atom stereocenters. The summed E-state index contributed by atoms with van der Waals surface area (Å²) in [4.78, 5) is 23.6. The van der Waals surface area contributed by atoms with Crippen molar-refractivity contribution in [3.05, 3.63) is 60.3 Å². The normalized spacial score (nSPS) is 16.2. The van der Waals surface area contributed by atoms with Gasteiger partial charge in [-0.2, -0.15) is 0 Å². The summed E-state index contributed by atoms with van der Waals surface area (Å²) in [5, 5.41) is 2.99. The summed E-state index contributed by atoms with van der Waals surface area (Å²) < 4.78 is 5.58. The van der Waals surface area contributed by atoms with Crippen LogP contribution in [0.25, 0.3) is 11.0 Å². The van der Waals surface area contributed by atoms with Gasteiger partial charge in [0.05, 0.1) is 29.5 Å². The van der Waals surface area contributed by atoms with Gasteiger partial charge in [-0.15, -0.1) is 0 Å². The summed E-state index contributed by atoms with van der Waals surface area (Å²) in [7, 11) is 0. The monoisotopic (exact) mass is 336 g/mol. The number of nitrogens with zero attached hydrogens (tertiary/aromatic N) is 3. The van der Waals surface area contributed by atoms with E-state index in [0.717, 1.165) is 29.9 Å². The SMILES string of the molecule is O=C(NC[C@@H](c1ccco1)N1CCCC1)c1cnc2ccccc2n1. The van der Waals surface area contributed by atoms with Crippen molar-refractivity contribution in [3.8, 4) is 0 Å². The summed E-state index contributed by atoms with van der Waals surface area (Å²) in [5.41, 5.74) is 1.83. The second-order valence-electron chi connectivity index (χ2n) is 6.23.